The summed E-state index contributed by atoms with van der Waals surface area (Å²) < 4.78 is 21.6. The smallest absolute Gasteiger partial charge is 0.248 e. The summed E-state index contributed by atoms with van der Waals surface area (Å²) in [6.07, 6.45) is 9.28. The number of nitrogens with one attached hydrogen (secondary N) is 2. The molecule has 9 heteroatoms. The highest BCUT2D eigenvalue weighted by Gasteiger charge is 2.21. The molecule has 214 valence electrons. The zero-order valence-electron chi connectivity index (χ0n) is 23.1. The van der Waals surface area contributed by atoms with E-state index < -0.39 is 5.82 Å². The molecule has 2 aromatic carbocycles. The van der Waals surface area contributed by atoms with Gasteiger partial charge in [0.05, 0.1) is 34.1 Å². The lowest BCUT2D eigenvalue weighted by Crippen LogP contribution is -2.35. The van der Waals surface area contributed by atoms with E-state index in [1.807, 2.05) is 0 Å². The Balaban J connectivity index is 1.28. The highest BCUT2D eigenvalue weighted by atomic mass is 19.1. The van der Waals surface area contributed by atoms with Crippen molar-refractivity contribution in [1.29, 1.82) is 5.26 Å². The molecule has 1 fully saturated rings. The molecule has 1 aliphatic carbocycles. The first-order valence-electron chi connectivity index (χ1n) is 13.8. The first kappa shape index (κ1) is 28.7. The molecule has 2 heterocycles. The quantitative estimate of drug-likeness (QED) is 0.180. The van der Waals surface area contributed by atoms with Crippen LogP contribution >= 0.6 is 0 Å². The number of anilines is 1. The van der Waals surface area contributed by atoms with E-state index in [0.717, 1.165) is 25.7 Å². The van der Waals surface area contributed by atoms with E-state index >= 15 is 0 Å². The van der Waals surface area contributed by atoms with E-state index in [1.54, 1.807) is 54.1 Å². The van der Waals surface area contributed by atoms with Crippen molar-refractivity contribution in [2.45, 2.75) is 37.8 Å². The molecule has 8 nitrogen and oxygen atoms in total. The number of phenols is 1. The molecule has 42 heavy (non-hydrogen) atoms. The van der Waals surface area contributed by atoms with E-state index in [2.05, 4.69) is 16.7 Å². The molecular weight excluding hydrogens is 535 g/mol. The monoisotopic (exact) mass is 566 g/mol. The number of carbonyl (C=O) groups is 2. The van der Waals surface area contributed by atoms with Gasteiger partial charge in [0.25, 0.3) is 0 Å². The van der Waals surface area contributed by atoms with Crippen LogP contribution in [0.2, 0.25) is 0 Å². The topological polar surface area (TPSA) is 116 Å². The highest BCUT2D eigenvalue weighted by molar-refractivity contribution is 6.10. The molecule has 0 aliphatic heterocycles. The van der Waals surface area contributed by atoms with Crippen molar-refractivity contribution in [2.75, 3.05) is 19.0 Å². The van der Waals surface area contributed by atoms with Crippen molar-refractivity contribution in [1.82, 2.24) is 9.72 Å². The van der Waals surface area contributed by atoms with Crippen LogP contribution in [-0.4, -0.2) is 47.0 Å². The van der Waals surface area contributed by atoms with Crippen LogP contribution in [0.3, 0.4) is 0 Å². The molecule has 0 unspecified atom stereocenters. The van der Waals surface area contributed by atoms with Crippen LogP contribution in [0.5, 0.6) is 5.75 Å². The average molecular weight is 567 g/mol. The minimum Gasteiger partial charge on any atom is -0.507 e. The van der Waals surface area contributed by atoms with Crippen LogP contribution < -0.4 is 10.6 Å². The van der Waals surface area contributed by atoms with Gasteiger partial charge in [0.1, 0.15) is 17.6 Å². The fourth-order valence-corrected chi connectivity index (χ4v) is 5.43. The third-order valence-corrected chi connectivity index (χ3v) is 7.65. The van der Waals surface area contributed by atoms with Crippen molar-refractivity contribution in [3.8, 4) is 22.9 Å². The van der Waals surface area contributed by atoms with Gasteiger partial charge in [-0.2, -0.15) is 5.26 Å². The van der Waals surface area contributed by atoms with Crippen LogP contribution in [0.1, 0.15) is 47.3 Å². The Morgan fingerprint density at radius 2 is 1.93 bits per heavy atom. The largest absolute Gasteiger partial charge is 0.507 e. The van der Waals surface area contributed by atoms with Crippen LogP contribution in [0.15, 0.2) is 79.0 Å². The second-order valence-corrected chi connectivity index (χ2v) is 10.2. The summed E-state index contributed by atoms with van der Waals surface area (Å²) in [7, 11) is 1.74. The zero-order valence-corrected chi connectivity index (χ0v) is 23.1. The number of hydrogen-bond donors (Lipinski definition) is 3. The number of pyridine rings is 1. The third kappa shape index (κ3) is 6.10. The number of benzene rings is 2. The van der Waals surface area contributed by atoms with E-state index in [1.165, 1.54) is 36.4 Å². The van der Waals surface area contributed by atoms with Gasteiger partial charge in [0.2, 0.25) is 11.7 Å². The number of amides is 1. The number of hydrogen-bond acceptors (Lipinski definition) is 6. The number of aromatic hydroxyl groups is 1. The number of nitriles is 1. The first-order valence-corrected chi connectivity index (χ1v) is 13.8. The minimum absolute atomic E-state index is 0.0473. The van der Waals surface area contributed by atoms with Gasteiger partial charge in [-0.1, -0.05) is 18.2 Å². The van der Waals surface area contributed by atoms with E-state index in [4.69, 9.17) is 4.74 Å². The number of methoxy groups -OCH3 is 1. The summed E-state index contributed by atoms with van der Waals surface area (Å²) in [5, 5.41) is 26.2. The van der Waals surface area contributed by atoms with Gasteiger partial charge in [0.15, 0.2) is 0 Å². The van der Waals surface area contributed by atoms with Gasteiger partial charge in [-0.15, -0.1) is 0 Å². The fraction of sp³-hybridized carbons (Fsp3) is 0.242. The Morgan fingerprint density at radius 3 is 2.67 bits per heavy atom. The number of phenolic OH excluding ortho intramolecular Hbond substituents is 1. The number of aromatic nitrogens is 1. The number of halogens is 1. The van der Waals surface area contributed by atoms with Gasteiger partial charge in [-0.05, 0) is 74.2 Å². The molecule has 0 atom stereocenters. The predicted octanol–water partition coefficient (Wildman–Crippen LogP) is 5.60. The minimum atomic E-state index is -0.579. The summed E-state index contributed by atoms with van der Waals surface area (Å²) in [5.41, 5.74) is 2.02. The Kier molecular flexibility index (Phi) is 8.77. The Morgan fingerprint density at radius 1 is 1.12 bits per heavy atom. The van der Waals surface area contributed by atoms with E-state index in [0.29, 0.717) is 41.2 Å². The molecule has 4 aromatic rings. The van der Waals surface area contributed by atoms with E-state index in [-0.39, 0.29) is 34.1 Å². The van der Waals surface area contributed by atoms with Crippen LogP contribution in [0.25, 0.3) is 16.6 Å². The van der Waals surface area contributed by atoms with Gasteiger partial charge in [-0.25, -0.2) is 4.39 Å². The highest BCUT2D eigenvalue weighted by Crippen LogP contribution is 2.35. The van der Waals surface area contributed by atoms with Crippen molar-refractivity contribution in [3.63, 3.8) is 0 Å². The molecule has 1 amide bonds. The summed E-state index contributed by atoms with van der Waals surface area (Å²) in [6, 6.07) is 17.7. The SMILES string of the molecule is COC1CCC(NC/C=C/C(=O)Nc2ccc(C(=O)c3ccc4c(-c5c(O)cccc5F)cccn34)cc2C#N)CC1. The molecule has 0 spiro atoms. The molecule has 1 saturated carbocycles. The molecular formula is C33H31FN4O4. The van der Waals surface area contributed by atoms with Crippen LogP contribution in [0, 0.1) is 17.1 Å². The summed E-state index contributed by atoms with van der Waals surface area (Å²) in [4.78, 5) is 26.0. The molecule has 0 bridgehead atoms. The summed E-state index contributed by atoms with van der Waals surface area (Å²) >= 11 is 0. The lowest BCUT2D eigenvalue weighted by Gasteiger charge is -2.27. The van der Waals surface area contributed by atoms with Crippen molar-refractivity contribution < 1.29 is 23.8 Å². The van der Waals surface area contributed by atoms with Crippen molar-refractivity contribution in [2.24, 2.45) is 0 Å². The standard InChI is InChI=1S/C33H31FN4O4/c1-42-24-12-10-23(11-13-24)36-17-3-8-31(40)37-27-14-9-21(19-22(27)20-35)33(41)29-16-15-28-25(5-4-18-38(28)29)32-26(34)6-2-7-30(32)39/h2-9,14-16,18-19,23-24,36,39H,10-13,17H2,1H3,(H,37,40)/b8-3+. The second-order valence-electron chi connectivity index (χ2n) is 10.2. The third-order valence-electron chi connectivity index (χ3n) is 7.65. The number of fused-ring (bicyclic) bond motifs is 1. The number of ether oxygens (including phenoxy) is 1. The Hall–Kier alpha value is -4.78. The van der Waals surface area contributed by atoms with Crippen molar-refractivity contribution in [3.05, 3.63) is 102 Å². The lowest BCUT2D eigenvalue weighted by atomic mass is 9.93. The summed E-state index contributed by atoms with van der Waals surface area (Å²) in [6.45, 7) is 0.553. The molecule has 0 saturated heterocycles. The van der Waals surface area contributed by atoms with Gasteiger partial charge in [0, 0.05) is 43.1 Å². The maximum atomic E-state index is 14.6. The van der Waals surface area contributed by atoms with E-state index in [9.17, 15) is 24.3 Å². The average Bonchev–Trinajstić information content (AvgIpc) is 3.44. The maximum Gasteiger partial charge on any atom is 0.248 e. The van der Waals surface area contributed by atoms with Crippen LogP contribution in [-0.2, 0) is 9.53 Å². The van der Waals surface area contributed by atoms with Crippen molar-refractivity contribution >= 4 is 22.9 Å². The Bertz CT molecular complexity index is 1680. The Labute approximate surface area is 243 Å². The molecule has 2 aromatic heterocycles. The number of nitrogens with zero attached hydrogens (tertiary/aromatic N) is 2. The van der Waals surface area contributed by atoms with Gasteiger partial charge >= 0.3 is 0 Å². The molecule has 3 N–H and O–H groups in total. The molecule has 1 aliphatic rings. The first-order chi connectivity index (χ1) is 20.4. The number of carbonyl (C=O) groups excluding carboxylic acids is 2. The fourth-order valence-electron chi connectivity index (χ4n) is 5.43. The number of ketones is 1. The molecule has 5 rings (SSSR count). The summed E-state index contributed by atoms with van der Waals surface area (Å²) in [5.74, 6) is -1.52. The zero-order chi connectivity index (χ0) is 29.6. The lowest BCUT2D eigenvalue weighted by molar-refractivity contribution is -0.111. The van der Waals surface area contributed by atoms with Gasteiger partial charge in [-0.3, -0.25) is 9.59 Å². The maximum absolute atomic E-state index is 14.6. The second kappa shape index (κ2) is 12.8. The van der Waals surface area contributed by atoms with Gasteiger partial charge < -0.3 is 24.9 Å². The van der Waals surface area contributed by atoms with Crippen LogP contribution in [0.4, 0.5) is 10.1 Å². The predicted molar refractivity (Wildman–Crippen MR) is 158 cm³/mol. The molecule has 0 radical (unpaired) electrons. The number of rotatable bonds is 9. The normalized spacial score (nSPS) is 16.9.